The molecule has 0 aromatic heterocycles. The lowest BCUT2D eigenvalue weighted by atomic mass is 9.49. The monoisotopic (exact) mass is 502 g/mol. The average Bonchev–Trinajstić information content (AvgIpc) is 3.34. The van der Waals surface area contributed by atoms with Crippen LogP contribution in [0.25, 0.3) is 0 Å². The predicted octanol–water partition coefficient (Wildman–Crippen LogP) is 2.61. The molecule has 6 bridgehead atoms. The van der Waals surface area contributed by atoms with Crippen molar-refractivity contribution in [3.63, 3.8) is 0 Å². The van der Waals surface area contributed by atoms with Gasteiger partial charge in [-0.1, -0.05) is 0 Å². The fourth-order valence-corrected chi connectivity index (χ4v) is 9.19. The van der Waals surface area contributed by atoms with Gasteiger partial charge in [0.15, 0.2) is 6.61 Å². The lowest BCUT2D eigenvalue weighted by Gasteiger charge is -2.55. The van der Waals surface area contributed by atoms with Crippen LogP contribution in [-0.2, 0) is 34.0 Å². The van der Waals surface area contributed by atoms with Crippen LogP contribution in [0.1, 0.15) is 51.4 Å². The number of esters is 2. The highest BCUT2D eigenvalue weighted by Crippen LogP contribution is 2.64. The van der Waals surface area contributed by atoms with E-state index in [0.29, 0.717) is 24.2 Å². The molecule has 0 spiro atoms. The van der Waals surface area contributed by atoms with Crippen molar-refractivity contribution < 1.29 is 45.6 Å². The zero-order valence-corrected chi connectivity index (χ0v) is 19.3. The largest absolute Gasteiger partial charge is 0.461 e. The van der Waals surface area contributed by atoms with E-state index < -0.39 is 57.2 Å². The SMILES string of the molecule is O=C1CC2C3CC(C2OC(=O)C24CC5CC(CC(C5)C2)C4)C(C(=O)OCC(F)(F)S(=O)(=O)O)C13. The van der Waals surface area contributed by atoms with Gasteiger partial charge in [-0.25, -0.2) is 0 Å². The topological polar surface area (TPSA) is 124 Å². The number of Topliss-reactive ketones (excluding diaryl/α,β-unsaturated/α-hetero) is 1. The molecule has 0 amide bonds. The van der Waals surface area contributed by atoms with Crippen molar-refractivity contribution in [1.29, 1.82) is 0 Å². The Hall–Kier alpha value is -1.62. The second-order valence-electron chi connectivity index (χ2n) is 11.7. The highest BCUT2D eigenvalue weighted by molar-refractivity contribution is 7.86. The number of carbonyl (C=O) groups excluding carboxylic acids is 3. The normalized spacial score (nSPS) is 46.2. The zero-order valence-electron chi connectivity index (χ0n) is 18.5. The Morgan fingerprint density at radius 3 is 2.15 bits per heavy atom. The summed E-state index contributed by atoms with van der Waals surface area (Å²) in [7, 11) is -5.75. The minimum Gasteiger partial charge on any atom is -0.461 e. The van der Waals surface area contributed by atoms with Crippen molar-refractivity contribution in [1.82, 2.24) is 0 Å². The first-order chi connectivity index (χ1) is 15.9. The van der Waals surface area contributed by atoms with Crippen LogP contribution < -0.4 is 0 Å². The Bertz CT molecular complexity index is 1020. The van der Waals surface area contributed by atoms with Crippen LogP contribution in [0.3, 0.4) is 0 Å². The van der Waals surface area contributed by atoms with Gasteiger partial charge >= 0.3 is 27.3 Å². The summed E-state index contributed by atoms with van der Waals surface area (Å²) < 4.78 is 68.2. The molecule has 188 valence electrons. The second kappa shape index (κ2) is 7.21. The molecule has 0 saturated heterocycles. The van der Waals surface area contributed by atoms with E-state index in [1.165, 1.54) is 19.3 Å². The molecule has 7 aliphatic carbocycles. The number of hydrogen-bond acceptors (Lipinski definition) is 7. The predicted molar refractivity (Wildman–Crippen MR) is 110 cm³/mol. The maximum absolute atomic E-state index is 13.6. The molecule has 34 heavy (non-hydrogen) atoms. The molecular formula is C23H28F2O8S. The molecule has 7 fully saturated rings. The van der Waals surface area contributed by atoms with Crippen LogP contribution in [0, 0.1) is 52.8 Å². The smallest absolute Gasteiger partial charge is 0.402 e. The molecule has 8 nitrogen and oxygen atoms in total. The fourth-order valence-electron chi connectivity index (χ4n) is 8.99. The third kappa shape index (κ3) is 3.21. The summed E-state index contributed by atoms with van der Waals surface area (Å²) in [5.41, 5.74) is -0.494. The maximum atomic E-state index is 13.6. The molecular weight excluding hydrogens is 474 g/mol. The fraction of sp³-hybridized carbons (Fsp3) is 0.870. The summed E-state index contributed by atoms with van der Waals surface area (Å²) in [4.78, 5) is 39.0. The number of hydrogen-bond donors (Lipinski definition) is 1. The number of ketones is 1. The number of ether oxygens (including phenoxy) is 2. The summed E-state index contributed by atoms with van der Waals surface area (Å²) in [5, 5.41) is -4.65. The van der Waals surface area contributed by atoms with Crippen molar-refractivity contribution in [2.75, 3.05) is 6.61 Å². The van der Waals surface area contributed by atoms with E-state index >= 15 is 0 Å². The molecule has 6 atom stereocenters. The van der Waals surface area contributed by atoms with Crippen LogP contribution in [0.4, 0.5) is 8.78 Å². The minimum absolute atomic E-state index is 0.172. The van der Waals surface area contributed by atoms with E-state index in [1.54, 1.807) is 0 Å². The summed E-state index contributed by atoms with van der Waals surface area (Å²) in [5.74, 6) is -2.50. The van der Waals surface area contributed by atoms with Gasteiger partial charge in [-0.15, -0.1) is 0 Å². The van der Waals surface area contributed by atoms with Crippen LogP contribution in [-0.4, -0.2) is 48.7 Å². The Balaban J connectivity index is 1.19. The highest BCUT2D eigenvalue weighted by atomic mass is 32.2. The van der Waals surface area contributed by atoms with E-state index in [4.69, 9.17) is 9.29 Å². The van der Waals surface area contributed by atoms with Crippen LogP contribution in [0.15, 0.2) is 0 Å². The first-order valence-electron chi connectivity index (χ1n) is 12.1. The summed E-state index contributed by atoms with van der Waals surface area (Å²) in [6.07, 6.45) is 5.96. The Kier molecular flexibility index (Phi) is 4.84. The van der Waals surface area contributed by atoms with Crippen LogP contribution >= 0.6 is 0 Å². The average molecular weight is 503 g/mol. The molecule has 7 saturated carbocycles. The Morgan fingerprint density at radius 1 is 1.00 bits per heavy atom. The molecule has 0 heterocycles. The highest BCUT2D eigenvalue weighted by Gasteiger charge is 2.69. The molecule has 0 aromatic rings. The maximum Gasteiger partial charge on any atom is 0.402 e. The van der Waals surface area contributed by atoms with Gasteiger partial charge in [-0.2, -0.15) is 17.2 Å². The van der Waals surface area contributed by atoms with E-state index in [2.05, 4.69) is 4.74 Å². The number of fused-ring (bicyclic) bond motifs is 1. The summed E-state index contributed by atoms with van der Waals surface area (Å²) in [6.45, 7) is -1.83. The van der Waals surface area contributed by atoms with Gasteiger partial charge in [0.25, 0.3) is 0 Å². The van der Waals surface area contributed by atoms with Gasteiger partial charge < -0.3 is 9.47 Å². The standard InChI is InChI=1S/C23H28F2O8S/c24-23(25,34(29,30)31)9-32-20(27)18-15-4-13-14(5-16(26)17(13)18)19(15)33-21(28)22-6-10-1-11(7-22)3-12(2-10)8-22/h10-15,17-19H,1-9H2,(H,29,30,31). The molecule has 6 unspecified atom stereocenters. The number of halogens is 2. The van der Waals surface area contributed by atoms with Gasteiger partial charge in [0.05, 0.1) is 11.3 Å². The van der Waals surface area contributed by atoms with Crippen molar-refractivity contribution in [3.8, 4) is 0 Å². The first kappa shape index (κ1) is 22.8. The summed E-state index contributed by atoms with van der Waals surface area (Å²) >= 11 is 0. The lowest BCUT2D eigenvalue weighted by molar-refractivity contribution is -0.185. The zero-order chi connectivity index (χ0) is 24.2. The van der Waals surface area contributed by atoms with E-state index in [-0.39, 0.29) is 30.0 Å². The Labute approximate surface area is 195 Å². The van der Waals surface area contributed by atoms with Crippen molar-refractivity contribution in [2.24, 2.45) is 52.8 Å². The molecule has 11 heteroatoms. The number of alkyl halides is 2. The van der Waals surface area contributed by atoms with E-state index in [1.807, 2.05) is 0 Å². The van der Waals surface area contributed by atoms with Crippen LogP contribution in [0.2, 0.25) is 0 Å². The number of rotatable bonds is 6. The Morgan fingerprint density at radius 2 is 1.59 bits per heavy atom. The molecule has 7 aliphatic rings. The lowest BCUT2D eigenvalue weighted by Crippen LogP contribution is -2.52. The quantitative estimate of drug-likeness (QED) is 0.434. The number of carbonyl (C=O) groups is 3. The van der Waals surface area contributed by atoms with Gasteiger partial charge in [-0.05, 0) is 68.6 Å². The molecule has 7 rings (SSSR count). The molecule has 0 aliphatic heterocycles. The minimum atomic E-state index is -5.75. The van der Waals surface area contributed by atoms with Crippen molar-refractivity contribution >= 4 is 27.8 Å². The van der Waals surface area contributed by atoms with Crippen molar-refractivity contribution in [2.45, 2.75) is 62.7 Å². The second-order valence-corrected chi connectivity index (χ2v) is 13.3. The molecule has 0 radical (unpaired) electrons. The first-order valence-corrected chi connectivity index (χ1v) is 13.6. The van der Waals surface area contributed by atoms with Gasteiger partial charge in [0.2, 0.25) is 0 Å². The van der Waals surface area contributed by atoms with Crippen LogP contribution in [0.5, 0.6) is 0 Å². The third-order valence-electron chi connectivity index (χ3n) is 9.80. The third-order valence-corrected chi connectivity index (χ3v) is 10.7. The van der Waals surface area contributed by atoms with E-state index in [9.17, 15) is 31.6 Å². The van der Waals surface area contributed by atoms with Gasteiger partial charge in [0, 0.05) is 24.2 Å². The molecule has 1 N–H and O–H groups in total. The molecule has 0 aromatic carbocycles. The van der Waals surface area contributed by atoms with Crippen molar-refractivity contribution in [3.05, 3.63) is 0 Å². The van der Waals surface area contributed by atoms with Gasteiger partial charge in [0.1, 0.15) is 11.9 Å². The van der Waals surface area contributed by atoms with E-state index in [0.717, 1.165) is 19.3 Å². The summed E-state index contributed by atoms with van der Waals surface area (Å²) in [6, 6.07) is 0. The van der Waals surface area contributed by atoms with Gasteiger partial charge in [-0.3, -0.25) is 18.9 Å².